The van der Waals surface area contributed by atoms with Gasteiger partial charge in [0.2, 0.25) is 0 Å². The molecule has 1 unspecified atom stereocenters. The van der Waals surface area contributed by atoms with E-state index in [1.54, 1.807) is 14.2 Å². The fraction of sp³-hybridized carbons (Fsp3) is 0.625. The molecule has 0 bridgehead atoms. The summed E-state index contributed by atoms with van der Waals surface area (Å²) < 4.78 is 15.6. The summed E-state index contributed by atoms with van der Waals surface area (Å²) in [5.41, 5.74) is 1.17. The van der Waals surface area contributed by atoms with Crippen molar-refractivity contribution in [1.82, 2.24) is 5.32 Å². The number of rotatable bonds is 12. The molecule has 0 saturated heterocycles. The van der Waals surface area contributed by atoms with E-state index in [-0.39, 0.29) is 0 Å². The molecule has 120 valence electrons. The molecule has 1 aromatic carbocycles. The zero-order valence-electron chi connectivity index (χ0n) is 12.9. The van der Waals surface area contributed by atoms with Crippen molar-refractivity contribution >= 4 is 11.6 Å². The van der Waals surface area contributed by atoms with Crippen LogP contribution in [0.25, 0.3) is 0 Å². The predicted octanol–water partition coefficient (Wildman–Crippen LogP) is 2.71. The highest BCUT2D eigenvalue weighted by Gasteiger charge is 2.14. The molecule has 1 atom stereocenters. The lowest BCUT2D eigenvalue weighted by molar-refractivity contribution is 0.0669. The molecule has 1 aromatic rings. The van der Waals surface area contributed by atoms with Crippen LogP contribution in [0.4, 0.5) is 0 Å². The number of ether oxygens (including phenoxy) is 3. The van der Waals surface area contributed by atoms with Gasteiger partial charge < -0.3 is 19.5 Å². The molecule has 0 aliphatic carbocycles. The summed E-state index contributed by atoms with van der Waals surface area (Å²) in [7, 11) is 3.38. The molecule has 1 rings (SSSR count). The van der Waals surface area contributed by atoms with Crippen molar-refractivity contribution in [1.29, 1.82) is 0 Å². The van der Waals surface area contributed by atoms with Crippen molar-refractivity contribution in [3.8, 4) is 0 Å². The molecule has 0 aliphatic rings. The molecule has 0 amide bonds. The Bertz CT molecular complexity index is 376. The molecular formula is C16H26ClNO3. The van der Waals surface area contributed by atoms with Gasteiger partial charge in [0.1, 0.15) is 0 Å². The van der Waals surface area contributed by atoms with E-state index in [9.17, 15) is 0 Å². The van der Waals surface area contributed by atoms with E-state index in [0.717, 1.165) is 24.5 Å². The van der Waals surface area contributed by atoms with E-state index in [2.05, 4.69) is 11.4 Å². The SMILES string of the molecule is COCCNCC(CCOCCOC)c1ccccc1Cl. The van der Waals surface area contributed by atoms with E-state index in [1.807, 2.05) is 18.2 Å². The van der Waals surface area contributed by atoms with E-state index in [1.165, 1.54) is 5.56 Å². The maximum atomic E-state index is 6.31. The summed E-state index contributed by atoms with van der Waals surface area (Å²) in [4.78, 5) is 0. The van der Waals surface area contributed by atoms with Gasteiger partial charge in [0.25, 0.3) is 0 Å². The summed E-state index contributed by atoms with van der Waals surface area (Å²) in [6.45, 7) is 4.36. The minimum Gasteiger partial charge on any atom is -0.383 e. The van der Waals surface area contributed by atoms with Gasteiger partial charge in [-0.3, -0.25) is 0 Å². The first-order chi connectivity index (χ1) is 10.3. The first kappa shape index (κ1) is 18.4. The van der Waals surface area contributed by atoms with Crippen molar-refractivity contribution in [2.24, 2.45) is 0 Å². The maximum Gasteiger partial charge on any atom is 0.0700 e. The Balaban J connectivity index is 2.47. The van der Waals surface area contributed by atoms with Crippen LogP contribution in [0.3, 0.4) is 0 Å². The quantitative estimate of drug-likeness (QED) is 0.602. The fourth-order valence-corrected chi connectivity index (χ4v) is 2.38. The molecule has 1 N–H and O–H groups in total. The monoisotopic (exact) mass is 315 g/mol. The highest BCUT2D eigenvalue weighted by Crippen LogP contribution is 2.26. The highest BCUT2D eigenvalue weighted by molar-refractivity contribution is 6.31. The lowest BCUT2D eigenvalue weighted by Gasteiger charge is -2.19. The maximum absolute atomic E-state index is 6.31. The van der Waals surface area contributed by atoms with Gasteiger partial charge in [-0.25, -0.2) is 0 Å². The molecule has 0 fully saturated rings. The van der Waals surface area contributed by atoms with Crippen LogP contribution in [0.5, 0.6) is 0 Å². The Labute approximate surface area is 132 Å². The van der Waals surface area contributed by atoms with Crippen LogP contribution >= 0.6 is 11.6 Å². The van der Waals surface area contributed by atoms with Crippen LogP contribution in [-0.4, -0.2) is 53.7 Å². The Kier molecular flexibility index (Phi) is 10.5. The van der Waals surface area contributed by atoms with Crippen LogP contribution in [0.1, 0.15) is 17.9 Å². The van der Waals surface area contributed by atoms with Gasteiger partial charge in [-0.05, 0) is 24.0 Å². The third-order valence-electron chi connectivity index (χ3n) is 3.26. The molecular weight excluding hydrogens is 290 g/mol. The van der Waals surface area contributed by atoms with Crippen LogP contribution in [-0.2, 0) is 14.2 Å². The molecule has 0 aliphatic heterocycles. The average Bonchev–Trinajstić information content (AvgIpc) is 2.50. The highest BCUT2D eigenvalue weighted by atomic mass is 35.5. The Hall–Kier alpha value is -0.650. The van der Waals surface area contributed by atoms with Crippen molar-refractivity contribution in [3.63, 3.8) is 0 Å². The van der Waals surface area contributed by atoms with Crippen LogP contribution in [0.2, 0.25) is 5.02 Å². The Morgan fingerprint density at radius 2 is 1.81 bits per heavy atom. The second-order valence-electron chi connectivity index (χ2n) is 4.81. The first-order valence-corrected chi connectivity index (χ1v) is 7.68. The number of halogens is 1. The second kappa shape index (κ2) is 12.0. The number of benzene rings is 1. The van der Waals surface area contributed by atoms with Gasteiger partial charge in [0.05, 0.1) is 19.8 Å². The summed E-state index contributed by atoms with van der Waals surface area (Å²) in [5, 5.41) is 4.21. The van der Waals surface area contributed by atoms with Gasteiger partial charge in [-0.2, -0.15) is 0 Å². The minimum atomic E-state index is 0.332. The van der Waals surface area contributed by atoms with Gasteiger partial charge in [0.15, 0.2) is 0 Å². The van der Waals surface area contributed by atoms with Gasteiger partial charge in [-0.15, -0.1) is 0 Å². The zero-order chi connectivity index (χ0) is 15.3. The molecule has 0 saturated carbocycles. The standard InChI is InChI=1S/C16H26ClNO3/c1-19-10-8-18-13-14(7-9-21-12-11-20-2)15-5-3-4-6-16(15)17/h3-6,14,18H,7-13H2,1-2H3. The van der Waals surface area contributed by atoms with E-state index < -0.39 is 0 Å². The normalized spacial score (nSPS) is 12.5. The lowest BCUT2D eigenvalue weighted by atomic mass is 9.96. The third kappa shape index (κ3) is 7.79. The van der Waals surface area contributed by atoms with Crippen molar-refractivity contribution in [3.05, 3.63) is 34.9 Å². The van der Waals surface area contributed by atoms with Crippen LogP contribution < -0.4 is 5.32 Å². The van der Waals surface area contributed by atoms with E-state index >= 15 is 0 Å². The van der Waals surface area contributed by atoms with Crippen molar-refractivity contribution in [2.75, 3.05) is 53.7 Å². The molecule has 4 nitrogen and oxygen atoms in total. The summed E-state index contributed by atoms with van der Waals surface area (Å²) in [6.07, 6.45) is 0.924. The summed E-state index contributed by atoms with van der Waals surface area (Å²) >= 11 is 6.31. The van der Waals surface area contributed by atoms with Gasteiger partial charge in [-0.1, -0.05) is 29.8 Å². The molecule has 0 heterocycles. The number of methoxy groups -OCH3 is 2. The molecule has 0 spiro atoms. The summed E-state index contributed by atoms with van der Waals surface area (Å²) in [6, 6.07) is 8.00. The second-order valence-corrected chi connectivity index (χ2v) is 5.22. The van der Waals surface area contributed by atoms with Crippen LogP contribution in [0, 0.1) is 0 Å². The summed E-state index contributed by atoms with van der Waals surface area (Å²) in [5.74, 6) is 0.332. The predicted molar refractivity (Wildman–Crippen MR) is 86.3 cm³/mol. The average molecular weight is 316 g/mol. The van der Waals surface area contributed by atoms with Crippen molar-refractivity contribution < 1.29 is 14.2 Å². The Morgan fingerprint density at radius 1 is 1.05 bits per heavy atom. The minimum absolute atomic E-state index is 0.332. The number of hydrogen-bond donors (Lipinski definition) is 1. The molecule has 5 heteroatoms. The van der Waals surface area contributed by atoms with Crippen molar-refractivity contribution in [2.45, 2.75) is 12.3 Å². The fourth-order valence-electron chi connectivity index (χ4n) is 2.09. The van der Waals surface area contributed by atoms with Gasteiger partial charge >= 0.3 is 0 Å². The first-order valence-electron chi connectivity index (χ1n) is 7.30. The zero-order valence-corrected chi connectivity index (χ0v) is 13.7. The Morgan fingerprint density at radius 3 is 2.52 bits per heavy atom. The third-order valence-corrected chi connectivity index (χ3v) is 3.61. The van der Waals surface area contributed by atoms with Gasteiger partial charge in [0, 0.05) is 38.9 Å². The number of nitrogens with one attached hydrogen (secondary N) is 1. The molecule has 0 aromatic heterocycles. The lowest BCUT2D eigenvalue weighted by Crippen LogP contribution is -2.26. The van der Waals surface area contributed by atoms with E-state index in [4.69, 9.17) is 25.8 Å². The molecule has 0 radical (unpaired) electrons. The van der Waals surface area contributed by atoms with Crippen LogP contribution in [0.15, 0.2) is 24.3 Å². The number of hydrogen-bond acceptors (Lipinski definition) is 4. The molecule has 21 heavy (non-hydrogen) atoms. The topological polar surface area (TPSA) is 39.7 Å². The largest absolute Gasteiger partial charge is 0.383 e. The smallest absolute Gasteiger partial charge is 0.0700 e. The van der Waals surface area contributed by atoms with E-state index in [0.29, 0.717) is 32.3 Å².